The summed E-state index contributed by atoms with van der Waals surface area (Å²) in [7, 11) is 0. The molecule has 0 saturated carbocycles. The Morgan fingerprint density at radius 3 is 2.50 bits per heavy atom. The zero-order chi connectivity index (χ0) is 19.1. The second-order valence-electron chi connectivity index (χ2n) is 7.29. The molecule has 0 aliphatic heterocycles. The Hall–Kier alpha value is -2.10. The number of nitrogens with one attached hydrogen (secondary N) is 1. The van der Waals surface area contributed by atoms with Crippen LogP contribution in [0.2, 0.25) is 0 Å². The summed E-state index contributed by atoms with van der Waals surface area (Å²) in [5.41, 5.74) is 6.59. The molecule has 0 unspecified atom stereocenters. The van der Waals surface area contributed by atoms with E-state index in [0.29, 0.717) is 0 Å². The van der Waals surface area contributed by atoms with E-state index in [2.05, 4.69) is 43.3 Å². The van der Waals surface area contributed by atoms with Gasteiger partial charge in [-0.1, -0.05) is 50.3 Å². The largest absolute Gasteiger partial charge is 0.376 e. The minimum atomic E-state index is -0.0113. The smallest absolute Gasteiger partial charge is 0.266 e. The van der Waals surface area contributed by atoms with Gasteiger partial charge in [0.1, 0.15) is 0 Å². The van der Waals surface area contributed by atoms with E-state index < -0.39 is 0 Å². The minimum Gasteiger partial charge on any atom is -0.376 e. The first kappa shape index (κ1) is 20.2. The van der Waals surface area contributed by atoms with Crippen molar-refractivity contribution < 1.29 is 4.79 Å². The number of rotatable bonds is 9. The summed E-state index contributed by atoms with van der Waals surface area (Å²) < 4.78 is 1.58. The van der Waals surface area contributed by atoms with Crippen molar-refractivity contribution in [1.82, 2.24) is 9.78 Å². The predicted molar refractivity (Wildman–Crippen MR) is 109 cm³/mol. The van der Waals surface area contributed by atoms with Gasteiger partial charge in [-0.05, 0) is 57.7 Å². The van der Waals surface area contributed by atoms with E-state index in [0.717, 1.165) is 29.1 Å². The Labute approximate surface area is 158 Å². The van der Waals surface area contributed by atoms with Crippen LogP contribution in [0.1, 0.15) is 71.9 Å². The molecule has 2 aromatic rings. The number of aromatic nitrogens is 2. The minimum absolute atomic E-state index is 0.0113. The van der Waals surface area contributed by atoms with Crippen molar-refractivity contribution in [3.8, 4) is 0 Å². The average molecular weight is 356 g/mol. The van der Waals surface area contributed by atoms with Crippen molar-refractivity contribution in [2.24, 2.45) is 0 Å². The van der Waals surface area contributed by atoms with Crippen molar-refractivity contribution in [2.45, 2.75) is 73.1 Å². The molecule has 0 spiro atoms. The number of aryl methyl sites for hydroxylation is 3. The summed E-state index contributed by atoms with van der Waals surface area (Å²) in [5.74, 6) is -0.0113. The lowest BCUT2D eigenvalue weighted by Gasteiger charge is -2.10. The number of carbonyl (C=O) groups is 1. The number of carbonyl (C=O) groups excluding carboxylic acids is 1. The van der Waals surface area contributed by atoms with Crippen molar-refractivity contribution in [2.75, 3.05) is 11.9 Å². The maximum atomic E-state index is 12.6. The lowest BCUT2D eigenvalue weighted by atomic mass is 10.0. The zero-order valence-electron chi connectivity index (χ0n) is 17.0. The summed E-state index contributed by atoms with van der Waals surface area (Å²) in [5, 5.41) is 7.75. The van der Waals surface area contributed by atoms with Gasteiger partial charge < -0.3 is 5.32 Å². The molecule has 1 aromatic heterocycles. The quantitative estimate of drug-likeness (QED) is 0.614. The first-order chi connectivity index (χ1) is 12.4. The second-order valence-corrected chi connectivity index (χ2v) is 7.29. The summed E-state index contributed by atoms with van der Waals surface area (Å²) in [4.78, 5) is 12.6. The summed E-state index contributed by atoms with van der Waals surface area (Å²) in [6.45, 7) is 10.6. The first-order valence-corrected chi connectivity index (χ1v) is 9.83. The van der Waals surface area contributed by atoms with Crippen molar-refractivity contribution in [1.29, 1.82) is 0 Å². The molecule has 1 aromatic carbocycles. The standard InChI is InChI=1S/C22H33N3O/c1-6-7-8-9-10-11-20-18(4)24-25(19(20)5)22(26)15-23-21-13-12-16(2)14-17(21)3/h12-14,23H,6-11,15H2,1-5H3. The van der Waals surface area contributed by atoms with E-state index in [-0.39, 0.29) is 12.5 Å². The lowest BCUT2D eigenvalue weighted by Crippen LogP contribution is -2.23. The molecule has 4 heteroatoms. The molecule has 4 nitrogen and oxygen atoms in total. The van der Waals surface area contributed by atoms with E-state index in [1.165, 1.54) is 43.2 Å². The van der Waals surface area contributed by atoms with E-state index >= 15 is 0 Å². The van der Waals surface area contributed by atoms with Crippen LogP contribution in [0.5, 0.6) is 0 Å². The summed E-state index contributed by atoms with van der Waals surface area (Å²) in [6, 6.07) is 6.20. The third-order valence-electron chi connectivity index (χ3n) is 5.02. The lowest BCUT2D eigenvalue weighted by molar-refractivity contribution is 0.0910. The summed E-state index contributed by atoms with van der Waals surface area (Å²) in [6.07, 6.45) is 7.29. The highest BCUT2D eigenvalue weighted by Gasteiger charge is 2.16. The monoisotopic (exact) mass is 355 g/mol. The van der Waals surface area contributed by atoms with Crippen LogP contribution in [-0.4, -0.2) is 22.2 Å². The van der Waals surface area contributed by atoms with E-state index in [1.807, 2.05) is 19.9 Å². The van der Waals surface area contributed by atoms with Gasteiger partial charge in [0.2, 0.25) is 0 Å². The van der Waals surface area contributed by atoms with Crippen LogP contribution in [0, 0.1) is 27.7 Å². The molecule has 0 atom stereocenters. The third kappa shape index (κ3) is 5.20. The van der Waals surface area contributed by atoms with Crippen LogP contribution in [0.15, 0.2) is 18.2 Å². The molecule has 1 heterocycles. The van der Waals surface area contributed by atoms with E-state index in [9.17, 15) is 4.79 Å². The van der Waals surface area contributed by atoms with Crippen molar-refractivity contribution >= 4 is 11.6 Å². The highest BCUT2D eigenvalue weighted by atomic mass is 16.2. The van der Waals surface area contributed by atoms with Gasteiger partial charge >= 0.3 is 0 Å². The third-order valence-corrected chi connectivity index (χ3v) is 5.02. The highest BCUT2D eigenvalue weighted by Crippen LogP contribution is 2.18. The van der Waals surface area contributed by atoms with Crippen LogP contribution in [0.25, 0.3) is 0 Å². The number of unbranched alkanes of at least 4 members (excludes halogenated alkanes) is 4. The molecule has 26 heavy (non-hydrogen) atoms. The maximum absolute atomic E-state index is 12.6. The van der Waals surface area contributed by atoms with Crippen LogP contribution < -0.4 is 5.32 Å². The molecule has 0 aliphatic carbocycles. The molecular weight excluding hydrogens is 322 g/mol. The SMILES string of the molecule is CCCCCCCc1c(C)nn(C(=O)CNc2ccc(C)cc2C)c1C. The van der Waals surface area contributed by atoms with Crippen LogP contribution in [-0.2, 0) is 6.42 Å². The van der Waals surface area contributed by atoms with E-state index in [1.54, 1.807) is 4.68 Å². The fourth-order valence-electron chi connectivity index (χ4n) is 3.44. The number of hydrogen-bond donors (Lipinski definition) is 1. The molecule has 1 N–H and O–H groups in total. The molecule has 0 bridgehead atoms. The fraction of sp³-hybridized carbons (Fsp3) is 0.545. The number of anilines is 1. The summed E-state index contributed by atoms with van der Waals surface area (Å²) >= 11 is 0. The predicted octanol–water partition coefficient (Wildman–Crippen LogP) is 5.38. The van der Waals surface area contributed by atoms with E-state index in [4.69, 9.17) is 0 Å². The van der Waals surface area contributed by atoms with Crippen LogP contribution in [0.3, 0.4) is 0 Å². The van der Waals surface area contributed by atoms with Gasteiger partial charge in [0.15, 0.2) is 0 Å². The Kier molecular flexibility index (Phi) is 7.43. The second kappa shape index (κ2) is 9.56. The average Bonchev–Trinajstić information content (AvgIpc) is 2.88. The normalized spacial score (nSPS) is 11.0. The Balaban J connectivity index is 1.97. The Morgan fingerprint density at radius 1 is 1.08 bits per heavy atom. The number of hydrogen-bond acceptors (Lipinski definition) is 3. The van der Waals surface area contributed by atoms with Crippen LogP contribution in [0.4, 0.5) is 5.69 Å². The van der Waals surface area contributed by atoms with Gasteiger partial charge in [0, 0.05) is 11.4 Å². The molecule has 0 saturated heterocycles. The van der Waals surface area contributed by atoms with Gasteiger partial charge in [-0.2, -0.15) is 5.10 Å². The van der Waals surface area contributed by atoms with Gasteiger partial charge in [-0.15, -0.1) is 0 Å². The zero-order valence-corrected chi connectivity index (χ0v) is 17.0. The fourth-order valence-corrected chi connectivity index (χ4v) is 3.44. The molecule has 0 aliphatic rings. The van der Waals surface area contributed by atoms with Crippen molar-refractivity contribution in [3.63, 3.8) is 0 Å². The first-order valence-electron chi connectivity index (χ1n) is 9.83. The molecular formula is C22H33N3O. The Morgan fingerprint density at radius 2 is 1.81 bits per heavy atom. The number of nitrogens with zero attached hydrogens (tertiary/aromatic N) is 2. The molecule has 0 fully saturated rings. The number of benzene rings is 1. The molecule has 0 radical (unpaired) electrons. The van der Waals surface area contributed by atoms with Crippen LogP contribution >= 0.6 is 0 Å². The van der Waals surface area contributed by atoms with Gasteiger partial charge in [0.05, 0.1) is 12.2 Å². The van der Waals surface area contributed by atoms with Gasteiger partial charge in [-0.3, -0.25) is 4.79 Å². The van der Waals surface area contributed by atoms with Crippen molar-refractivity contribution in [3.05, 3.63) is 46.3 Å². The van der Waals surface area contributed by atoms with Gasteiger partial charge in [-0.25, -0.2) is 4.68 Å². The Bertz CT molecular complexity index is 746. The molecule has 2 rings (SSSR count). The highest BCUT2D eigenvalue weighted by molar-refractivity contribution is 5.83. The molecule has 142 valence electrons. The molecule has 0 amide bonds. The van der Waals surface area contributed by atoms with Gasteiger partial charge in [0.25, 0.3) is 5.91 Å². The topological polar surface area (TPSA) is 46.9 Å². The maximum Gasteiger partial charge on any atom is 0.266 e.